The SMILES string of the molecule is C[C@@H]1C(COCc2ccccc2)O[C@@H](OCc2ccccc2)C(NC(=O)CCl)[C@H]1C. The summed E-state index contributed by atoms with van der Waals surface area (Å²) in [6.45, 7) is 5.62. The maximum Gasteiger partial charge on any atom is 0.235 e. The van der Waals surface area contributed by atoms with Gasteiger partial charge in [0.25, 0.3) is 0 Å². The van der Waals surface area contributed by atoms with Gasteiger partial charge < -0.3 is 19.5 Å². The second-order valence-electron chi connectivity index (χ2n) is 7.79. The van der Waals surface area contributed by atoms with E-state index in [-0.39, 0.29) is 35.8 Å². The quantitative estimate of drug-likeness (QED) is 0.606. The van der Waals surface area contributed by atoms with Crippen molar-refractivity contribution in [2.24, 2.45) is 11.8 Å². The first kappa shape index (κ1) is 22.8. The summed E-state index contributed by atoms with van der Waals surface area (Å²) in [6, 6.07) is 19.7. The maximum absolute atomic E-state index is 12.0. The largest absolute Gasteiger partial charge is 0.374 e. The Morgan fingerprint density at radius 2 is 1.57 bits per heavy atom. The van der Waals surface area contributed by atoms with Crippen LogP contribution in [0.15, 0.2) is 60.7 Å². The lowest BCUT2D eigenvalue weighted by atomic mass is 9.82. The van der Waals surface area contributed by atoms with Crippen LogP contribution in [0.25, 0.3) is 0 Å². The van der Waals surface area contributed by atoms with Crippen molar-refractivity contribution in [3.05, 3.63) is 71.8 Å². The lowest BCUT2D eigenvalue weighted by Crippen LogP contribution is -2.58. The van der Waals surface area contributed by atoms with Gasteiger partial charge >= 0.3 is 0 Å². The van der Waals surface area contributed by atoms with Gasteiger partial charge in [0.15, 0.2) is 6.29 Å². The van der Waals surface area contributed by atoms with Crippen LogP contribution in [0, 0.1) is 11.8 Å². The van der Waals surface area contributed by atoms with Gasteiger partial charge in [0.05, 0.1) is 32.0 Å². The average molecular weight is 432 g/mol. The Balaban J connectivity index is 1.64. The van der Waals surface area contributed by atoms with Crippen molar-refractivity contribution < 1.29 is 19.0 Å². The number of rotatable bonds is 9. The van der Waals surface area contributed by atoms with E-state index in [1.165, 1.54) is 0 Å². The predicted octanol–water partition coefficient (Wildman–Crippen LogP) is 4.14. The van der Waals surface area contributed by atoms with E-state index in [2.05, 4.69) is 19.2 Å². The molecule has 5 nitrogen and oxygen atoms in total. The van der Waals surface area contributed by atoms with Gasteiger partial charge in [-0.05, 0) is 23.0 Å². The van der Waals surface area contributed by atoms with E-state index >= 15 is 0 Å². The van der Waals surface area contributed by atoms with Crippen LogP contribution in [0.1, 0.15) is 25.0 Å². The first-order valence-corrected chi connectivity index (χ1v) is 10.9. The number of nitrogens with one attached hydrogen (secondary N) is 1. The van der Waals surface area contributed by atoms with Crippen LogP contribution in [0.3, 0.4) is 0 Å². The summed E-state index contributed by atoms with van der Waals surface area (Å²) in [7, 11) is 0. The van der Waals surface area contributed by atoms with Gasteiger partial charge in [0.1, 0.15) is 5.88 Å². The number of halogens is 1. The molecule has 1 N–H and O–H groups in total. The van der Waals surface area contributed by atoms with E-state index in [1.807, 2.05) is 60.7 Å². The fourth-order valence-electron chi connectivity index (χ4n) is 3.67. The molecule has 1 aliphatic heterocycles. The highest BCUT2D eigenvalue weighted by atomic mass is 35.5. The molecule has 0 radical (unpaired) electrons. The summed E-state index contributed by atoms with van der Waals surface area (Å²) in [4.78, 5) is 12.0. The first-order valence-electron chi connectivity index (χ1n) is 10.4. The minimum Gasteiger partial charge on any atom is -0.374 e. The van der Waals surface area contributed by atoms with Gasteiger partial charge in [0.2, 0.25) is 5.91 Å². The number of hydrogen-bond acceptors (Lipinski definition) is 4. The first-order chi connectivity index (χ1) is 14.6. The molecule has 2 aromatic rings. The van der Waals surface area contributed by atoms with Crippen LogP contribution in [0.2, 0.25) is 0 Å². The molecule has 30 heavy (non-hydrogen) atoms. The minimum atomic E-state index is -0.575. The molecular weight excluding hydrogens is 402 g/mol. The molecule has 3 rings (SSSR count). The molecule has 1 saturated heterocycles. The number of ether oxygens (including phenoxy) is 3. The minimum absolute atomic E-state index is 0.0907. The second kappa shape index (κ2) is 11.5. The van der Waals surface area contributed by atoms with E-state index in [4.69, 9.17) is 25.8 Å². The van der Waals surface area contributed by atoms with Crippen molar-refractivity contribution >= 4 is 17.5 Å². The molecule has 1 fully saturated rings. The molecule has 0 spiro atoms. The van der Waals surface area contributed by atoms with Gasteiger partial charge in [-0.25, -0.2) is 0 Å². The van der Waals surface area contributed by atoms with Gasteiger partial charge in [-0.3, -0.25) is 4.79 Å². The third kappa shape index (κ3) is 6.29. The van der Waals surface area contributed by atoms with Crippen molar-refractivity contribution in [1.29, 1.82) is 0 Å². The highest BCUT2D eigenvalue weighted by molar-refractivity contribution is 6.27. The van der Waals surface area contributed by atoms with Crippen LogP contribution >= 0.6 is 11.6 Å². The molecule has 1 aliphatic rings. The van der Waals surface area contributed by atoms with E-state index < -0.39 is 6.29 Å². The standard InChI is InChI=1S/C24H30ClNO4/c1-17-18(2)23(26-22(27)13-25)24(29-15-20-11-7-4-8-12-20)30-21(17)16-28-14-19-9-5-3-6-10-19/h3-12,17-18,21,23-24H,13-16H2,1-2H3,(H,26,27)/t17-,18-,21?,23?,24+/m0/s1. The normalized spacial score (nSPS) is 26.3. The Morgan fingerprint density at radius 3 is 2.17 bits per heavy atom. The van der Waals surface area contributed by atoms with E-state index in [1.54, 1.807) is 0 Å². The number of carbonyl (C=O) groups is 1. The summed E-state index contributed by atoms with van der Waals surface area (Å²) >= 11 is 5.72. The summed E-state index contributed by atoms with van der Waals surface area (Å²) < 4.78 is 18.3. The van der Waals surface area contributed by atoms with E-state index in [0.29, 0.717) is 19.8 Å². The van der Waals surface area contributed by atoms with Crippen molar-refractivity contribution in [2.45, 2.75) is 45.5 Å². The van der Waals surface area contributed by atoms with Crippen molar-refractivity contribution in [1.82, 2.24) is 5.32 Å². The fraction of sp³-hybridized carbons (Fsp3) is 0.458. The molecular formula is C24H30ClNO4. The molecule has 162 valence electrons. The Hall–Kier alpha value is -1.92. The van der Waals surface area contributed by atoms with Gasteiger partial charge in [-0.2, -0.15) is 0 Å². The van der Waals surface area contributed by atoms with E-state index in [0.717, 1.165) is 11.1 Å². The van der Waals surface area contributed by atoms with Crippen LogP contribution in [-0.2, 0) is 32.2 Å². The summed E-state index contributed by atoms with van der Waals surface area (Å²) in [5, 5.41) is 2.98. The summed E-state index contributed by atoms with van der Waals surface area (Å²) in [6.07, 6.45) is -0.706. The summed E-state index contributed by atoms with van der Waals surface area (Å²) in [5.74, 6) is -0.00140. The Morgan fingerprint density at radius 1 is 0.967 bits per heavy atom. The summed E-state index contributed by atoms with van der Waals surface area (Å²) in [5.41, 5.74) is 2.17. The van der Waals surface area contributed by atoms with E-state index in [9.17, 15) is 4.79 Å². The van der Waals surface area contributed by atoms with Gasteiger partial charge in [-0.1, -0.05) is 74.5 Å². The number of amides is 1. The predicted molar refractivity (Wildman–Crippen MR) is 117 cm³/mol. The zero-order valence-electron chi connectivity index (χ0n) is 17.5. The Labute approximate surface area is 183 Å². The molecule has 0 saturated carbocycles. The molecule has 2 unspecified atom stereocenters. The highest BCUT2D eigenvalue weighted by Gasteiger charge is 2.42. The maximum atomic E-state index is 12.0. The smallest absolute Gasteiger partial charge is 0.235 e. The average Bonchev–Trinajstić information content (AvgIpc) is 2.78. The van der Waals surface area contributed by atoms with Crippen LogP contribution in [-0.4, -0.2) is 36.8 Å². The lowest BCUT2D eigenvalue weighted by molar-refractivity contribution is -0.249. The number of benzene rings is 2. The third-order valence-corrected chi connectivity index (χ3v) is 5.93. The lowest BCUT2D eigenvalue weighted by Gasteiger charge is -2.44. The number of alkyl halides is 1. The molecule has 2 aromatic carbocycles. The topological polar surface area (TPSA) is 56.8 Å². The second-order valence-corrected chi connectivity index (χ2v) is 8.05. The Bertz CT molecular complexity index is 773. The molecule has 6 heteroatoms. The zero-order chi connectivity index (χ0) is 21.3. The number of hydrogen-bond donors (Lipinski definition) is 1. The molecule has 0 bridgehead atoms. The third-order valence-electron chi connectivity index (χ3n) is 5.68. The van der Waals surface area contributed by atoms with Crippen molar-refractivity contribution in [3.8, 4) is 0 Å². The molecule has 1 heterocycles. The number of carbonyl (C=O) groups excluding carboxylic acids is 1. The molecule has 0 aliphatic carbocycles. The van der Waals surface area contributed by atoms with Crippen molar-refractivity contribution in [2.75, 3.05) is 12.5 Å². The van der Waals surface area contributed by atoms with Crippen LogP contribution < -0.4 is 5.32 Å². The monoisotopic (exact) mass is 431 g/mol. The van der Waals surface area contributed by atoms with Gasteiger partial charge in [-0.15, -0.1) is 11.6 Å². The highest BCUT2D eigenvalue weighted by Crippen LogP contribution is 2.32. The van der Waals surface area contributed by atoms with Crippen LogP contribution in [0.4, 0.5) is 0 Å². The Kier molecular flexibility index (Phi) is 8.70. The fourth-order valence-corrected chi connectivity index (χ4v) is 3.75. The molecule has 5 atom stereocenters. The van der Waals surface area contributed by atoms with Crippen molar-refractivity contribution in [3.63, 3.8) is 0 Å². The molecule has 0 aromatic heterocycles. The van der Waals surface area contributed by atoms with Crippen LogP contribution in [0.5, 0.6) is 0 Å². The zero-order valence-corrected chi connectivity index (χ0v) is 18.3. The molecule has 1 amide bonds. The van der Waals surface area contributed by atoms with Gasteiger partial charge in [0, 0.05) is 0 Å².